The van der Waals surface area contributed by atoms with E-state index in [1.165, 1.54) is 5.56 Å². The van der Waals surface area contributed by atoms with Crippen molar-refractivity contribution < 1.29 is 9.90 Å². The van der Waals surface area contributed by atoms with Gasteiger partial charge in [0.1, 0.15) is 0 Å². The summed E-state index contributed by atoms with van der Waals surface area (Å²) in [7, 11) is 0. The van der Waals surface area contributed by atoms with Crippen molar-refractivity contribution in [1.82, 2.24) is 0 Å². The Hall–Kier alpha value is -0.780. The molecule has 4 heteroatoms. The highest BCUT2D eigenvalue weighted by Crippen LogP contribution is 2.48. The van der Waals surface area contributed by atoms with Crippen LogP contribution in [0.5, 0.6) is 0 Å². The Morgan fingerprint density at radius 1 is 1.28 bits per heavy atom. The van der Waals surface area contributed by atoms with E-state index in [1.54, 1.807) is 0 Å². The molecule has 0 aromatic heterocycles. The van der Waals surface area contributed by atoms with Gasteiger partial charge in [-0.05, 0) is 25.0 Å². The lowest BCUT2D eigenvalue weighted by atomic mass is 9.69. The lowest BCUT2D eigenvalue weighted by Crippen LogP contribution is -2.46. The predicted octanol–water partition coefficient (Wildman–Crippen LogP) is 3.63. The summed E-state index contributed by atoms with van der Waals surface area (Å²) in [4.78, 5) is 10.8. The van der Waals surface area contributed by atoms with Gasteiger partial charge in [0.2, 0.25) is 0 Å². The summed E-state index contributed by atoms with van der Waals surface area (Å²) in [5.74, 6) is -0.736. The summed E-state index contributed by atoms with van der Waals surface area (Å²) in [5.41, 5.74) is 2.15. The number of benzene rings is 1. The molecule has 1 unspecified atom stereocenters. The van der Waals surface area contributed by atoms with Crippen LogP contribution in [0.4, 0.5) is 5.69 Å². The van der Waals surface area contributed by atoms with Gasteiger partial charge in [-0.3, -0.25) is 4.79 Å². The van der Waals surface area contributed by atoms with Crippen LogP contribution in [0, 0.1) is 0 Å². The lowest BCUT2D eigenvalue weighted by molar-refractivity contribution is -0.137. The fourth-order valence-electron chi connectivity index (χ4n) is 2.62. The third-order valence-corrected chi connectivity index (χ3v) is 4.23. The average molecular weight is 361 g/mol. The molecular formula is C14H20INO2. The van der Waals surface area contributed by atoms with Gasteiger partial charge in [0.25, 0.3) is 0 Å². The van der Waals surface area contributed by atoms with Crippen LogP contribution in [-0.4, -0.2) is 16.6 Å². The highest BCUT2D eigenvalue weighted by Gasteiger charge is 2.48. The Labute approximate surface area is 125 Å². The Morgan fingerprint density at radius 3 is 2.44 bits per heavy atom. The zero-order valence-electron chi connectivity index (χ0n) is 11.0. The molecule has 1 aromatic carbocycles. The van der Waals surface area contributed by atoms with E-state index in [9.17, 15) is 4.79 Å². The van der Waals surface area contributed by atoms with Crippen LogP contribution in [0.3, 0.4) is 0 Å². The topological polar surface area (TPSA) is 49.3 Å². The molecule has 1 heterocycles. The Kier molecular flexibility index (Phi) is 4.30. The van der Waals surface area contributed by atoms with E-state index >= 15 is 0 Å². The second kappa shape index (κ2) is 5.07. The van der Waals surface area contributed by atoms with Crippen molar-refractivity contribution in [3.05, 3.63) is 29.8 Å². The molecule has 18 heavy (non-hydrogen) atoms. The minimum Gasteiger partial charge on any atom is -0.481 e. The number of carbonyl (C=O) groups is 1. The summed E-state index contributed by atoms with van der Waals surface area (Å²) in [5, 5.41) is 12.3. The highest BCUT2D eigenvalue weighted by molar-refractivity contribution is 14.0. The SMILES string of the molecule is CC1(CCC(=O)O)Nc2ccccc2C1(C)C.I. The molecule has 0 saturated heterocycles. The molecule has 100 valence electrons. The van der Waals surface area contributed by atoms with Crippen LogP contribution in [0.2, 0.25) is 0 Å². The maximum absolute atomic E-state index is 10.8. The first kappa shape index (κ1) is 15.3. The van der Waals surface area contributed by atoms with Crippen LogP contribution in [0.15, 0.2) is 24.3 Å². The first-order chi connectivity index (χ1) is 7.87. The summed E-state index contributed by atoms with van der Waals surface area (Å²) in [6, 6.07) is 8.22. The molecule has 1 aliphatic heterocycles. The number of carboxylic acids is 1. The fraction of sp³-hybridized carbons (Fsp3) is 0.500. The maximum Gasteiger partial charge on any atom is 0.303 e. The van der Waals surface area contributed by atoms with E-state index in [2.05, 4.69) is 38.2 Å². The highest BCUT2D eigenvalue weighted by atomic mass is 127. The molecule has 0 aliphatic carbocycles. The minimum atomic E-state index is -0.736. The molecule has 0 fully saturated rings. The number of halogens is 1. The lowest BCUT2D eigenvalue weighted by Gasteiger charge is -2.38. The van der Waals surface area contributed by atoms with Crippen LogP contribution < -0.4 is 5.32 Å². The Morgan fingerprint density at radius 2 is 1.89 bits per heavy atom. The monoisotopic (exact) mass is 361 g/mol. The number of anilines is 1. The maximum atomic E-state index is 10.8. The fourth-order valence-corrected chi connectivity index (χ4v) is 2.62. The zero-order chi connectivity index (χ0) is 12.7. The van der Waals surface area contributed by atoms with Crippen molar-refractivity contribution in [1.29, 1.82) is 0 Å². The molecule has 0 spiro atoms. The average Bonchev–Trinajstić information content (AvgIpc) is 2.46. The van der Waals surface area contributed by atoms with E-state index < -0.39 is 5.97 Å². The van der Waals surface area contributed by atoms with Crippen molar-refractivity contribution in [3.8, 4) is 0 Å². The zero-order valence-corrected chi connectivity index (χ0v) is 13.3. The van der Waals surface area contributed by atoms with Crippen molar-refractivity contribution >= 4 is 35.6 Å². The van der Waals surface area contributed by atoms with E-state index in [0.717, 1.165) is 5.69 Å². The molecule has 2 N–H and O–H groups in total. The van der Waals surface area contributed by atoms with Crippen molar-refractivity contribution in [2.45, 2.75) is 44.6 Å². The predicted molar refractivity (Wildman–Crippen MR) is 83.8 cm³/mol. The van der Waals surface area contributed by atoms with E-state index in [0.29, 0.717) is 6.42 Å². The van der Waals surface area contributed by atoms with Gasteiger partial charge < -0.3 is 10.4 Å². The van der Waals surface area contributed by atoms with E-state index in [1.807, 2.05) is 12.1 Å². The Balaban J connectivity index is 0.00000162. The Bertz CT molecular complexity index is 459. The quantitative estimate of drug-likeness (QED) is 0.809. The number of fused-ring (bicyclic) bond motifs is 1. The standard InChI is InChI=1S/C14H19NO2.HI/c1-13(2)10-6-4-5-7-11(10)15-14(13,3)9-8-12(16)17;/h4-7,15H,8-9H2,1-3H3,(H,16,17);1H. The third-order valence-electron chi connectivity index (χ3n) is 4.23. The summed E-state index contributed by atoms with van der Waals surface area (Å²) in [6.07, 6.45) is 0.824. The molecule has 0 saturated carbocycles. The first-order valence-electron chi connectivity index (χ1n) is 5.96. The second-order valence-electron chi connectivity index (χ2n) is 5.52. The van der Waals surface area contributed by atoms with Crippen LogP contribution in [-0.2, 0) is 10.2 Å². The number of para-hydroxylation sites is 1. The summed E-state index contributed by atoms with van der Waals surface area (Å²) in [6.45, 7) is 6.46. The number of hydrogen-bond donors (Lipinski definition) is 2. The van der Waals surface area contributed by atoms with Crippen LogP contribution >= 0.6 is 24.0 Å². The largest absolute Gasteiger partial charge is 0.481 e. The van der Waals surface area contributed by atoms with E-state index in [4.69, 9.17) is 5.11 Å². The van der Waals surface area contributed by atoms with Gasteiger partial charge in [-0.1, -0.05) is 32.0 Å². The van der Waals surface area contributed by atoms with Crippen LogP contribution in [0.25, 0.3) is 0 Å². The number of nitrogens with one attached hydrogen (secondary N) is 1. The first-order valence-corrected chi connectivity index (χ1v) is 5.96. The molecule has 0 bridgehead atoms. The smallest absolute Gasteiger partial charge is 0.303 e. The van der Waals surface area contributed by atoms with E-state index in [-0.39, 0.29) is 41.4 Å². The number of hydrogen-bond acceptors (Lipinski definition) is 2. The molecular weight excluding hydrogens is 341 g/mol. The molecule has 0 amide bonds. The van der Waals surface area contributed by atoms with Gasteiger partial charge in [0, 0.05) is 23.1 Å². The minimum absolute atomic E-state index is 0. The molecule has 3 nitrogen and oxygen atoms in total. The van der Waals surface area contributed by atoms with Crippen molar-refractivity contribution in [2.75, 3.05) is 5.32 Å². The van der Waals surface area contributed by atoms with Gasteiger partial charge in [-0.15, -0.1) is 24.0 Å². The van der Waals surface area contributed by atoms with Gasteiger partial charge in [-0.25, -0.2) is 0 Å². The number of aliphatic carboxylic acids is 1. The third kappa shape index (κ3) is 2.35. The van der Waals surface area contributed by atoms with Gasteiger partial charge >= 0.3 is 5.97 Å². The normalized spacial score (nSPS) is 23.7. The summed E-state index contributed by atoms with van der Waals surface area (Å²) >= 11 is 0. The number of carboxylic acid groups (broad SMARTS) is 1. The summed E-state index contributed by atoms with van der Waals surface area (Å²) < 4.78 is 0. The van der Waals surface area contributed by atoms with Gasteiger partial charge in [0.15, 0.2) is 0 Å². The van der Waals surface area contributed by atoms with Crippen LogP contribution in [0.1, 0.15) is 39.2 Å². The van der Waals surface area contributed by atoms with Gasteiger partial charge in [0.05, 0.1) is 0 Å². The second-order valence-corrected chi connectivity index (χ2v) is 5.52. The molecule has 1 atom stereocenters. The molecule has 1 aliphatic rings. The molecule has 2 rings (SSSR count). The van der Waals surface area contributed by atoms with Crippen molar-refractivity contribution in [2.24, 2.45) is 0 Å². The number of rotatable bonds is 3. The molecule has 0 radical (unpaired) electrons. The van der Waals surface area contributed by atoms with Crippen molar-refractivity contribution in [3.63, 3.8) is 0 Å². The molecule has 1 aromatic rings. The van der Waals surface area contributed by atoms with Gasteiger partial charge in [-0.2, -0.15) is 0 Å².